The second kappa shape index (κ2) is 4.15. The average Bonchev–Trinajstić information content (AvgIpc) is 2.68. The van der Waals surface area contributed by atoms with Crippen LogP contribution in [0.5, 0.6) is 0 Å². The number of carbonyl (C=O) groups is 1. The summed E-state index contributed by atoms with van der Waals surface area (Å²) in [5.41, 5.74) is 1.59. The molecule has 3 rings (SSSR count). The third-order valence-electron chi connectivity index (χ3n) is 3.30. The summed E-state index contributed by atoms with van der Waals surface area (Å²) in [6.45, 7) is 4.17. The second-order valence-electron chi connectivity index (χ2n) is 5.06. The van der Waals surface area contributed by atoms with Gasteiger partial charge >= 0.3 is 0 Å². The molecule has 0 unspecified atom stereocenters. The fourth-order valence-electron chi connectivity index (χ4n) is 2.45. The number of aryl methyl sites for hydroxylation is 1. The van der Waals surface area contributed by atoms with Gasteiger partial charge in [-0.3, -0.25) is 4.79 Å². The first kappa shape index (κ1) is 11.3. The van der Waals surface area contributed by atoms with E-state index in [9.17, 15) is 4.79 Å². The van der Waals surface area contributed by atoms with E-state index in [2.05, 4.69) is 28.9 Å². The Kier molecular flexibility index (Phi) is 2.61. The van der Waals surface area contributed by atoms with E-state index in [-0.39, 0.29) is 5.78 Å². The van der Waals surface area contributed by atoms with E-state index in [1.165, 1.54) is 0 Å². The second-order valence-corrected chi connectivity index (χ2v) is 5.06. The smallest absolute Gasteiger partial charge is 0.252 e. The largest absolute Gasteiger partial charge is 0.294 e. The van der Waals surface area contributed by atoms with E-state index >= 15 is 0 Å². The summed E-state index contributed by atoms with van der Waals surface area (Å²) in [6, 6.07) is 0. The molecule has 1 aliphatic carbocycles. The Morgan fingerprint density at radius 1 is 1.39 bits per heavy atom. The van der Waals surface area contributed by atoms with Crippen LogP contribution in [0.15, 0.2) is 6.20 Å². The van der Waals surface area contributed by atoms with Gasteiger partial charge < -0.3 is 0 Å². The molecule has 1 atom stereocenters. The van der Waals surface area contributed by atoms with Crippen LogP contribution in [0, 0.1) is 5.92 Å². The molecule has 1 aliphatic rings. The van der Waals surface area contributed by atoms with E-state index in [0.717, 1.165) is 30.8 Å². The minimum absolute atomic E-state index is 0.172. The van der Waals surface area contributed by atoms with Crippen molar-refractivity contribution in [2.75, 3.05) is 0 Å². The Balaban J connectivity index is 2.12. The van der Waals surface area contributed by atoms with Crippen LogP contribution in [-0.2, 0) is 12.8 Å². The van der Waals surface area contributed by atoms with Crippen molar-refractivity contribution >= 4 is 11.6 Å². The van der Waals surface area contributed by atoms with Crippen LogP contribution in [-0.4, -0.2) is 25.4 Å². The zero-order valence-electron chi connectivity index (χ0n) is 10.7. The molecular weight excluding hydrogens is 228 g/mol. The van der Waals surface area contributed by atoms with Crippen LogP contribution >= 0.6 is 0 Å². The normalized spacial score (nSPS) is 19.2. The summed E-state index contributed by atoms with van der Waals surface area (Å²) < 4.78 is 1.64. The maximum atomic E-state index is 12.0. The monoisotopic (exact) mass is 244 g/mol. The van der Waals surface area contributed by atoms with Crippen molar-refractivity contribution in [3.8, 4) is 0 Å². The number of hydrogen-bond acceptors (Lipinski definition) is 4. The summed E-state index contributed by atoms with van der Waals surface area (Å²) in [6.07, 6.45) is 5.10. The highest BCUT2D eigenvalue weighted by atomic mass is 16.1. The number of nitrogens with zero attached hydrogens (tertiary/aromatic N) is 4. The molecule has 5 nitrogen and oxygen atoms in total. The van der Waals surface area contributed by atoms with E-state index in [0.29, 0.717) is 23.7 Å². The molecule has 2 aromatic rings. The van der Waals surface area contributed by atoms with Crippen molar-refractivity contribution in [1.29, 1.82) is 0 Å². The van der Waals surface area contributed by atoms with Crippen molar-refractivity contribution in [2.24, 2.45) is 5.92 Å². The fraction of sp³-hybridized carbons (Fsp3) is 0.538. The standard InChI is InChI=1S/C13H16N4O/c1-3-4-12-15-13-14-10-5-8(2)6-11(18)9(10)7-17(13)16-12/h7-8H,3-6H2,1-2H3/t8-/m1/s1. The number of ketones is 1. The first-order chi connectivity index (χ1) is 8.67. The van der Waals surface area contributed by atoms with E-state index in [4.69, 9.17) is 0 Å². The molecule has 0 amide bonds. The first-order valence-electron chi connectivity index (χ1n) is 6.45. The highest BCUT2D eigenvalue weighted by Crippen LogP contribution is 2.23. The lowest BCUT2D eigenvalue weighted by Gasteiger charge is -2.18. The Hall–Kier alpha value is -1.78. The highest BCUT2D eigenvalue weighted by molar-refractivity contribution is 5.98. The zero-order valence-corrected chi connectivity index (χ0v) is 10.7. The Bertz CT molecular complexity index is 617. The third kappa shape index (κ3) is 1.79. The van der Waals surface area contributed by atoms with Gasteiger partial charge in [0.15, 0.2) is 11.6 Å². The number of hydrogen-bond donors (Lipinski definition) is 0. The molecule has 5 heteroatoms. The summed E-state index contributed by atoms with van der Waals surface area (Å²) in [4.78, 5) is 20.8. The predicted octanol–water partition coefficient (Wildman–Crippen LogP) is 1.84. The summed E-state index contributed by atoms with van der Waals surface area (Å²) in [7, 11) is 0. The molecule has 0 spiro atoms. The summed E-state index contributed by atoms with van der Waals surface area (Å²) >= 11 is 0. The third-order valence-corrected chi connectivity index (χ3v) is 3.30. The van der Waals surface area contributed by atoms with Gasteiger partial charge in [0, 0.05) is 19.0 Å². The van der Waals surface area contributed by atoms with Gasteiger partial charge in [0.1, 0.15) is 0 Å². The lowest BCUT2D eigenvalue weighted by molar-refractivity contribution is 0.0951. The number of fused-ring (bicyclic) bond motifs is 2. The predicted molar refractivity (Wildman–Crippen MR) is 66.6 cm³/mol. The summed E-state index contributed by atoms with van der Waals surface area (Å²) in [5.74, 6) is 1.95. The number of Topliss-reactive ketones (excluding diaryl/α,β-unsaturated/α-hetero) is 1. The molecular formula is C13H16N4O. The molecule has 0 aromatic carbocycles. The van der Waals surface area contributed by atoms with E-state index < -0.39 is 0 Å². The van der Waals surface area contributed by atoms with Crippen molar-refractivity contribution in [2.45, 2.75) is 39.5 Å². The molecule has 2 heterocycles. The van der Waals surface area contributed by atoms with Gasteiger partial charge in [-0.2, -0.15) is 4.98 Å². The SMILES string of the molecule is CCCc1nc2nc3c(cn2n1)C(=O)C[C@H](C)C3. The molecule has 2 aromatic heterocycles. The van der Waals surface area contributed by atoms with Crippen LogP contribution in [0.25, 0.3) is 5.78 Å². The van der Waals surface area contributed by atoms with E-state index in [1.807, 2.05) is 0 Å². The molecule has 0 aliphatic heterocycles. The Morgan fingerprint density at radius 2 is 2.22 bits per heavy atom. The van der Waals surface area contributed by atoms with Crippen molar-refractivity contribution in [3.63, 3.8) is 0 Å². The van der Waals surface area contributed by atoms with Crippen LogP contribution < -0.4 is 0 Å². The maximum Gasteiger partial charge on any atom is 0.252 e. The van der Waals surface area contributed by atoms with Crippen LogP contribution in [0.2, 0.25) is 0 Å². The van der Waals surface area contributed by atoms with Gasteiger partial charge in [-0.05, 0) is 18.8 Å². The molecule has 0 saturated carbocycles. The molecule has 18 heavy (non-hydrogen) atoms. The van der Waals surface area contributed by atoms with Crippen LogP contribution in [0.3, 0.4) is 0 Å². The lowest BCUT2D eigenvalue weighted by atomic mass is 9.88. The molecule has 0 bridgehead atoms. The quantitative estimate of drug-likeness (QED) is 0.808. The van der Waals surface area contributed by atoms with Crippen molar-refractivity contribution < 1.29 is 4.79 Å². The number of rotatable bonds is 2. The van der Waals surface area contributed by atoms with Gasteiger partial charge in [0.05, 0.1) is 11.3 Å². The Morgan fingerprint density at radius 3 is 3.00 bits per heavy atom. The van der Waals surface area contributed by atoms with Gasteiger partial charge in [-0.15, -0.1) is 5.10 Å². The van der Waals surface area contributed by atoms with Crippen molar-refractivity contribution in [3.05, 3.63) is 23.3 Å². The molecule has 94 valence electrons. The maximum absolute atomic E-state index is 12.0. The van der Waals surface area contributed by atoms with Crippen LogP contribution in [0.1, 0.15) is 48.6 Å². The summed E-state index contributed by atoms with van der Waals surface area (Å²) in [5, 5.41) is 4.35. The van der Waals surface area contributed by atoms with Gasteiger partial charge in [-0.1, -0.05) is 13.8 Å². The minimum Gasteiger partial charge on any atom is -0.294 e. The van der Waals surface area contributed by atoms with Gasteiger partial charge in [0.2, 0.25) is 0 Å². The topological polar surface area (TPSA) is 60.1 Å². The molecule has 0 radical (unpaired) electrons. The van der Waals surface area contributed by atoms with Crippen LogP contribution in [0.4, 0.5) is 0 Å². The number of aromatic nitrogens is 4. The average molecular weight is 244 g/mol. The lowest BCUT2D eigenvalue weighted by Crippen LogP contribution is -2.20. The molecule has 0 saturated heterocycles. The van der Waals surface area contributed by atoms with E-state index in [1.54, 1.807) is 10.7 Å². The number of carbonyl (C=O) groups excluding carboxylic acids is 1. The zero-order chi connectivity index (χ0) is 12.7. The Labute approximate surface area is 105 Å². The fourth-order valence-corrected chi connectivity index (χ4v) is 2.45. The molecule has 0 N–H and O–H groups in total. The highest BCUT2D eigenvalue weighted by Gasteiger charge is 2.24. The van der Waals surface area contributed by atoms with Gasteiger partial charge in [-0.25, -0.2) is 9.50 Å². The minimum atomic E-state index is 0.172. The molecule has 0 fully saturated rings. The van der Waals surface area contributed by atoms with Crippen molar-refractivity contribution in [1.82, 2.24) is 19.6 Å². The van der Waals surface area contributed by atoms with Gasteiger partial charge in [0.25, 0.3) is 5.78 Å². The first-order valence-corrected chi connectivity index (χ1v) is 6.45.